The van der Waals surface area contributed by atoms with Gasteiger partial charge < -0.3 is 10.2 Å². The first-order valence-electron chi connectivity index (χ1n) is 7.41. The summed E-state index contributed by atoms with van der Waals surface area (Å²) in [4.78, 5) is 13.3. The molecule has 0 fully saturated rings. The van der Waals surface area contributed by atoms with Crippen molar-refractivity contribution in [2.45, 2.75) is 26.4 Å². The summed E-state index contributed by atoms with van der Waals surface area (Å²) >= 11 is 0. The van der Waals surface area contributed by atoms with Crippen LogP contribution in [0.4, 0.5) is 10.1 Å². The highest BCUT2D eigenvalue weighted by Crippen LogP contribution is 2.13. The normalized spacial score (nSPS) is 13.5. The molecule has 1 unspecified atom stereocenters. The van der Waals surface area contributed by atoms with E-state index in [1.165, 1.54) is 6.07 Å². The molecule has 0 heterocycles. The lowest BCUT2D eigenvalue weighted by atomic mass is 10.1. The smallest absolute Gasteiger partial charge is 0.282 e. The number of rotatable bonds is 5. The third-order valence-corrected chi connectivity index (χ3v) is 3.96. The predicted molar refractivity (Wildman–Crippen MR) is 86.3 cm³/mol. The summed E-state index contributed by atoms with van der Waals surface area (Å²) in [6.45, 7) is 4.27. The van der Waals surface area contributed by atoms with E-state index in [-0.39, 0.29) is 17.8 Å². The molecule has 0 saturated carbocycles. The number of likely N-dealkylation sites (N-methyl/N-ethyl adjacent to an activating group) is 1. The SMILES string of the molecule is Cc1ccccc1NC(=O)[C@@H](C)[NH+](C)Cc1ccccc1F. The zero-order valence-corrected chi connectivity index (χ0v) is 13.2. The quantitative estimate of drug-likeness (QED) is 0.872. The Labute approximate surface area is 130 Å². The number of carbonyl (C=O) groups excluding carboxylic acids is 1. The van der Waals surface area contributed by atoms with Crippen LogP contribution in [-0.2, 0) is 11.3 Å². The molecular weight excluding hydrogens is 279 g/mol. The summed E-state index contributed by atoms with van der Waals surface area (Å²) in [7, 11) is 1.90. The lowest BCUT2D eigenvalue weighted by Gasteiger charge is -2.21. The summed E-state index contributed by atoms with van der Waals surface area (Å²) in [6, 6.07) is 14.1. The zero-order chi connectivity index (χ0) is 16.1. The second-order valence-corrected chi connectivity index (χ2v) is 5.64. The maximum Gasteiger partial charge on any atom is 0.282 e. The molecular formula is C18H22FN2O+. The average molecular weight is 301 g/mol. The predicted octanol–water partition coefficient (Wildman–Crippen LogP) is 2.18. The van der Waals surface area contributed by atoms with Gasteiger partial charge in [-0.2, -0.15) is 0 Å². The van der Waals surface area contributed by atoms with Gasteiger partial charge in [-0.3, -0.25) is 4.79 Å². The second kappa shape index (κ2) is 7.18. The maximum atomic E-state index is 13.7. The van der Waals surface area contributed by atoms with Crippen LogP contribution < -0.4 is 10.2 Å². The van der Waals surface area contributed by atoms with Gasteiger partial charge in [0, 0.05) is 11.3 Å². The first kappa shape index (κ1) is 16.2. The van der Waals surface area contributed by atoms with Crippen molar-refractivity contribution in [2.24, 2.45) is 0 Å². The minimum absolute atomic E-state index is 0.0665. The van der Waals surface area contributed by atoms with Crippen LogP contribution in [0.5, 0.6) is 0 Å². The fourth-order valence-corrected chi connectivity index (χ4v) is 2.27. The highest BCUT2D eigenvalue weighted by Gasteiger charge is 2.23. The van der Waals surface area contributed by atoms with Crippen LogP contribution >= 0.6 is 0 Å². The van der Waals surface area contributed by atoms with Gasteiger partial charge in [0.25, 0.3) is 5.91 Å². The average Bonchev–Trinajstić information content (AvgIpc) is 2.51. The number of carbonyl (C=O) groups is 1. The van der Waals surface area contributed by atoms with Gasteiger partial charge in [-0.05, 0) is 31.5 Å². The van der Waals surface area contributed by atoms with Crippen LogP contribution in [0.1, 0.15) is 18.1 Å². The fraction of sp³-hybridized carbons (Fsp3) is 0.278. The van der Waals surface area contributed by atoms with Crippen molar-refractivity contribution in [1.82, 2.24) is 0 Å². The van der Waals surface area contributed by atoms with Crippen LogP contribution in [0, 0.1) is 12.7 Å². The number of nitrogens with one attached hydrogen (secondary N) is 2. The number of anilines is 1. The third kappa shape index (κ3) is 3.92. The standard InChI is InChI=1S/C18H21FN2O/c1-13-8-4-7-11-17(13)20-18(22)14(2)21(3)12-15-9-5-6-10-16(15)19/h4-11,14H,12H2,1-3H3,(H,20,22)/p+1/t14-/m1/s1. The Morgan fingerprint density at radius 2 is 1.82 bits per heavy atom. The molecule has 0 bridgehead atoms. The van der Waals surface area contributed by atoms with Crippen molar-refractivity contribution in [2.75, 3.05) is 12.4 Å². The number of amides is 1. The number of hydrogen-bond acceptors (Lipinski definition) is 1. The Morgan fingerprint density at radius 3 is 2.50 bits per heavy atom. The van der Waals surface area contributed by atoms with Gasteiger partial charge >= 0.3 is 0 Å². The van der Waals surface area contributed by atoms with Crippen molar-refractivity contribution < 1.29 is 14.1 Å². The molecule has 0 saturated heterocycles. The van der Waals surface area contributed by atoms with E-state index in [2.05, 4.69) is 5.32 Å². The minimum atomic E-state index is -0.279. The number of halogens is 1. The maximum absolute atomic E-state index is 13.7. The highest BCUT2D eigenvalue weighted by molar-refractivity contribution is 5.94. The molecule has 0 spiro atoms. The van der Waals surface area contributed by atoms with E-state index in [9.17, 15) is 9.18 Å². The van der Waals surface area contributed by atoms with E-state index in [1.807, 2.05) is 51.2 Å². The van der Waals surface area contributed by atoms with E-state index in [0.29, 0.717) is 12.1 Å². The van der Waals surface area contributed by atoms with Crippen LogP contribution in [0.15, 0.2) is 48.5 Å². The molecule has 2 atom stereocenters. The first-order chi connectivity index (χ1) is 10.5. The van der Waals surface area contributed by atoms with Crippen LogP contribution in [-0.4, -0.2) is 19.0 Å². The molecule has 2 aromatic rings. The third-order valence-electron chi connectivity index (χ3n) is 3.96. The Balaban J connectivity index is 2.01. The van der Waals surface area contributed by atoms with Crippen LogP contribution in [0.3, 0.4) is 0 Å². The molecule has 0 aromatic heterocycles. The van der Waals surface area contributed by atoms with E-state index >= 15 is 0 Å². The van der Waals surface area contributed by atoms with E-state index < -0.39 is 0 Å². The Hall–Kier alpha value is -2.20. The van der Waals surface area contributed by atoms with Crippen molar-refractivity contribution in [3.8, 4) is 0 Å². The lowest BCUT2D eigenvalue weighted by molar-refractivity contribution is -0.908. The van der Waals surface area contributed by atoms with Gasteiger partial charge in [0.2, 0.25) is 0 Å². The molecule has 22 heavy (non-hydrogen) atoms. The molecule has 2 N–H and O–H groups in total. The molecule has 0 radical (unpaired) electrons. The van der Waals surface area contributed by atoms with Gasteiger partial charge in [-0.25, -0.2) is 4.39 Å². The first-order valence-corrected chi connectivity index (χ1v) is 7.41. The lowest BCUT2D eigenvalue weighted by Crippen LogP contribution is -3.12. The van der Waals surface area contributed by atoms with E-state index in [4.69, 9.17) is 0 Å². The fourth-order valence-electron chi connectivity index (χ4n) is 2.27. The molecule has 0 aliphatic carbocycles. The molecule has 3 nitrogen and oxygen atoms in total. The van der Waals surface area contributed by atoms with Gasteiger partial charge in [-0.1, -0.05) is 36.4 Å². The van der Waals surface area contributed by atoms with Crippen molar-refractivity contribution in [3.63, 3.8) is 0 Å². The van der Waals surface area contributed by atoms with E-state index in [1.54, 1.807) is 12.1 Å². The number of quaternary nitrogens is 1. The minimum Gasteiger partial charge on any atom is -0.324 e. The molecule has 116 valence electrons. The number of benzene rings is 2. The van der Waals surface area contributed by atoms with Gasteiger partial charge in [-0.15, -0.1) is 0 Å². The van der Waals surface area contributed by atoms with Crippen molar-refractivity contribution in [1.29, 1.82) is 0 Å². The van der Waals surface area contributed by atoms with Crippen LogP contribution in [0.2, 0.25) is 0 Å². The topological polar surface area (TPSA) is 33.5 Å². The van der Waals surface area contributed by atoms with Gasteiger partial charge in [0.15, 0.2) is 6.04 Å². The summed E-state index contributed by atoms with van der Waals surface area (Å²) in [6.07, 6.45) is 0. The van der Waals surface area contributed by atoms with E-state index in [0.717, 1.165) is 16.2 Å². The number of hydrogen-bond donors (Lipinski definition) is 2. The van der Waals surface area contributed by atoms with Crippen molar-refractivity contribution in [3.05, 3.63) is 65.5 Å². The van der Waals surface area contributed by atoms with Crippen molar-refractivity contribution >= 4 is 11.6 Å². The van der Waals surface area contributed by atoms with Crippen LogP contribution in [0.25, 0.3) is 0 Å². The molecule has 0 aliphatic heterocycles. The molecule has 4 heteroatoms. The Bertz CT molecular complexity index is 657. The Kier molecular flexibility index (Phi) is 5.28. The zero-order valence-electron chi connectivity index (χ0n) is 13.2. The summed E-state index contributed by atoms with van der Waals surface area (Å²) in [5.41, 5.74) is 2.46. The summed E-state index contributed by atoms with van der Waals surface area (Å²) < 4.78 is 13.7. The highest BCUT2D eigenvalue weighted by atomic mass is 19.1. The van der Waals surface area contributed by atoms with Gasteiger partial charge in [0.1, 0.15) is 12.4 Å². The molecule has 2 rings (SSSR count). The second-order valence-electron chi connectivity index (χ2n) is 5.64. The van der Waals surface area contributed by atoms with Gasteiger partial charge in [0.05, 0.1) is 7.05 Å². The largest absolute Gasteiger partial charge is 0.324 e. The monoisotopic (exact) mass is 301 g/mol. The molecule has 0 aliphatic rings. The summed E-state index contributed by atoms with van der Waals surface area (Å²) in [5, 5.41) is 2.94. The summed E-state index contributed by atoms with van der Waals surface area (Å²) in [5.74, 6) is -0.295. The number of para-hydroxylation sites is 1. The number of aryl methyl sites for hydroxylation is 1. The Morgan fingerprint density at radius 1 is 1.18 bits per heavy atom. The molecule has 2 aromatic carbocycles. The molecule has 1 amide bonds.